The smallest absolute Gasteiger partial charge is 0.209 e. The first kappa shape index (κ1) is 28.9. The lowest BCUT2D eigenvalue weighted by Gasteiger charge is -2.59. The Morgan fingerprint density at radius 3 is 2.16 bits per heavy atom. The molecule has 0 saturated heterocycles. The van der Waals surface area contributed by atoms with Crippen molar-refractivity contribution in [2.75, 3.05) is 0 Å². The van der Waals surface area contributed by atoms with Crippen molar-refractivity contribution in [3.63, 3.8) is 0 Å². The molecule has 0 aromatic heterocycles. The monoisotopic (exact) mass is 580 g/mol. The number of allylic oxidation sites excluding steroid dienone is 6. The van der Waals surface area contributed by atoms with E-state index in [0.717, 1.165) is 23.6 Å². The number of hydrogen-bond donors (Lipinski definition) is 4. The number of aliphatic hydroxyl groups is 3. The molecule has 2 aromatic carbocycles. The fourth-order valence-corrected chi connectivity index (χ4v) is 8.54. The first-order valence-electron chi connectivity index (χ1n) is 14.7. The molecule has 4 aliphatic rings. The van der Waals surface area contributed by atoms with Gasteiger partial charge in [-0.15, -0.1) is 0 Å². The number of aliphatic hydroxyl groups excluding tert-OH is 2. The Kier molecular flexibility index (Phi) is 6.30. The van der Waals surface area contributed by atoms with Crippen LogP contribution in [0.3, 0.4) is 0 Å². The van der Waals surface area contributed by atoms with E-state index >= 15 is 0 Å². The number of aromatic hydroxyl groups is 1. The second-order valence-corrected chi connectivity index (χ2v) is 13.4. The maximum absolute atomic E-state index is 14.3. The highest BCUT2D eigenvalue weighted by Gasteiger charge is 2.71. The summed E-state index contributed by atoms with van der Waals surface area (Å²) >= 11 is 0. The Morgan fingerprint density at radius 1 is 0.953 bits per heavy atom. The van der Waals surface area contributed by atoms with Crippen molar-refractivity contribution in [3.8, 4) is 16.9 Å². The summed E-state index contributed by atoms with van der Waals surface area (Å²) in [6, 6.07) is 11.3. The largest absolute Gasteiger partial charge is 0.511 e. The van der Waals surface area contributed by atoms with Gasteiger partial charge in [0, 0.05) is 28.2 Å². The average Bonchev–Trinajstić information content (AvgIpc) is 3.46. The highest BCUT2D eigenvalue weighted by Crippen LogP contribution is 2.65. The Labute approximate surface area is 250 Å². The van der Waals surface area contributed by atoms with Crippen molar-refractivity contribution in [3.05, 3.63) is 100 Å². The lowest BCUT2D eigenvalue weighted by molar-refractivity contribution is -0.171. The van der Waals surface area contributed by atoms with Crippen LogP contribution in [0.5, 0.6) is 5.75 Å². The molecular formula is C36H36O7. The number of carbonyl (C=O) groups is 3. The zero-order valence-electron chi connectivity index (χ0n) is 24.9. The Morgan fingerprint density at radius 2 is 1.58 bits per heavy atom. The average molecular weight is 581 g/mol. The molecule has 4 N–H and O–H groups in total. The summed E-state index contributed by atoms with van der Waals surface area (Å²) in [5, 5.41) is 46.3. The molecule has 0 radical (unpaired) electrons. The molecule has 0 aliphatic heterocycles. The fourth-order valence-electron chi connectivity index (χ4n) is 8.54. The van der Waals surface area contributed by atoms with Gasteiger partial charge in [-0.2, -0.15) is 0 Å². The van der Waals surface area contributed by atoms with Crippen molar-refractivity contribution in [2.45, 2.75) is 59.0 Å². The van der Waals surface area contributed by atoms with E-state index < -0.39 is 56.8 Å². The van der Waals surface area contributed by atoms with E-state index in [2.05, 4.69) is 12.2 Å². The molecule has 1 unspecified atom stereocenters. The number of hydrogen-bond acceptors (Lipinski definition) is 7. The summed E-state index contributed by atoms with van der Waals surface area (Å²) in [4.78, 5) is 40.7. The van der Waals surface area contributed by atoms with Crippen LogP contribution in [0.1, 0.15) is 68.4 Å². The van der Waals surface area contributed by atoms with E-state index in [1.807, 2.05) is 57.2 Å². The highest BCUT2D eigenvalue weighted by molar-refractivity contribution is 6.25. The summed E-state index contributed by atoms with van der Waals surface area (Å²) in [5.41, 5.74) is -2.49. The summed E-state index contributed by atoms with van der Waals surface area (Å²) in [6.07, 6.45) is 8.51. The predicted molar refractivity (Wildman–Crippen MR) is 162 cm³/mol. The number of carbonyl (C=O) groups excluding carboxylic acids is 3. The van der Waals surface area contributed by atoms with Gasteiger partial charge in [-0.3, -0.25) is 14.4 Å². The quantitative estimate of drug-likeness (QED) is 0.316. The normalized spacial score (nSPS) is 30.2. The third-order valence-corrected chi connectivity index (χ3v) is 10.2. The Bertz CT molecular complexity index is 1730. The molecule has 0 saturated carbocycles. The molecule has 4 aliphatic carbocycles. The predicted octanol–water partition coefficient (Wildman–Crippen LogP) is 6.22. The van der Waals surface area contributed by atoms with E-state index in [0.29, 0.717) is 5.56 Å². The maximum atomic E-state index is 14.3. The molecule has 43 heavy (non-hydrogen) atoms. The van der Waals surface area contributed by atoms with E-state index in [1.54, 1.807) is 13.0 Å². The molecule has 0 heterocycles. The third-order valence-electron chi connectivity index (χ3n) is 10.2. The number of rotatable bonds is 4. The maximum Gasteiger partial charge on any atom is 0.209 e. The van der Waals surface area contributed by atoms with Crippen LogP contribution in [-0.2, 0) is 16.0 Å². The minimum atomic E-state index is -2.62. The molecule has 0 amide bonds. The zero-order valence-corrected chi connectivity index (χ0v) is 24.9. The molecule has 222 valence electrons. The van der Waals surface area contributed by atoms with Gasteiger partial charge >= 0.3 is 0 Å². The van der Waals surface area contributed by atoms with Crippen LogP contribution in [0.2, 0.25) is 0 Å². The summed E-state index contributed by atoms with van der Waals surface area (Å²) in [7, 11) is 0. The van der Waals surface area contributed by atoms with E-state index in [9.17, 15) is 34.8 Å². The van der Waals surface area contributed by atoms with E-state index in [4.69, 9.17) is 0 Å². The van der Waals surface area contributed by atoms with Crippen LogP contribution in [0, 0.1) is 22.7 Å². The van der Waals surface area contributed by atoms with Gasteiger partial charge in [0.05, 0.1) is 5.56 Å². The van der Waals surface area contributed by atoms with Crippen LogP contribution in [0.4, 0.5) is 0 Å². The second kappa shape index (κ2) is 9.38. The lowest BCUT2D eigenvalue weighted by atomic mass is 9.44. The van der Waals surface area contributed by atoms with Crippen molar-refractivity contribution in [1.29, 1.82) is 0 Å². The van der Waals surface area contributed by atoms with Crippen LogP contribution in [0.25, 0.3) is 11.1 Å². The fraction of sp³-hybridized carbons (Fsp3) is 0.361. The number of ketones is 3. The van der Waals surface area contributed by atoms with Gasteiger partial charge in [-0.25, -0.2) is 0 Å². The summed E-state index contributed by atoms with van der Waals surface area (Å²) in [5.74, 6) is -4.99. The van der Waals surface area contributed by atoms with E-state index in [1.165, 1.54) is 6.07 Å². The van der Waals surface area contributed by atoms with Gasteiger partial charge in [0.15, 0.2) is 17.2 Å². The minimum Gasteiger partial charge on any atom is -0.511 e. The topological polar surface area (TPSA) is 132 Å². The van der Waals surface area contributed by atoms with Crippen LogP contribution in [-0.4, -0.2) is 43.4 Å². The number of phenols is 1. The van der Waals surface area contributed by atoms with Crippen LogP contribution < -0.4 is 0 Å². The highest BCUT2D eigenvalue weighted by atomic mass is 16.3. The molecule has 7 heteroatoms. The minimum absolute atomic E-state index is 0.0170. The van der Waals surface area contributed by atoms with Crippen molar-refractivity contribution in [2.24, 2.45) is 22.7 Å². The summed E-state index contributed by atoms with van der Waals surface area (Å²) in [6.45, 7) is 8.20. The Hall–Kier alpha value is -4.23. The first-order chi connectivity index (χ1) is 20.2. The lowest BCUT2D eigenvalue weighted by Crippen LogP contribution is -2.67. The number of fused-ring (bicyclic) bond motifs is 3. The van der Waals surface area contributed by atoms with Crippen LogP contribution >= 0.6 is 0 Å². The van der Waals surface area contributed by atoms with Crippen molar-refractivity contribution >= 4 is 17.3 Å². The van der Waals surface area contributed by atoms with Gasteiger partial charge in [0.2, 0.25) is 5.78 Å². The zero-order chi connectivity index (χ0) is 31.2. The standard InChI is InChI=1S/C36H36O7/c1-18(2)28-30(39)26(19(3)37)32(41)36(43)33(42)29-31(40)27-24(16-34(29,4)17-35(28,36)5)23(14-15-25(27)38)22-12-10-21(11-13-22)20-8-6-7-9-20/h6-15,18,20,28,38-39,42-43H,16-17H2,1-5H3/t28?,34-,35-,36+/m1/s1. The molecule has 2 aromatic rings. The third kappa shape index (κ3) is 3.73. The van der Waals surface area contributed by atoms with Crippen molar-refractivity contribution in [1.82, 2.24) is 0 Å². The molecule has 7 nitrogen and oxygen atoms in total. The van der Waals surface area contributed by atoms with Crippen molar-refractivity contribution < 1.29 is 34.8 Å². The number of Topliss-reactive ketones (excluding diaryl/α,β-unsaturated/α-hetero) is 3. The van der Waals surface area contributed by atoms with Gasteiger partial charge < -0.3 is 20.4 Å². The van der Waals surface area contributed by atoms with Gasteiger partial charge in [0.25, 0.3) is 0 Å². The number of phenolic OH excluding ortho intramolecular Hbond substituents is 1. The second-order valence-electron chi connectivity index (χ2n) is 13.4. The van der Waals surface area contributed by atoms with Crippen LogP contribution in [0.15, 0.2) is 83.4 Å². The van der Waals surface area contributed by atoms with Gasteiger partial charge in [0.1, 0.15) is 22.8 Å². The van der Waals surface area contributed by atoms with E-state index in [-0.39, 0.29) is 41.6 Å². The molecule has 0 fully saturated rings. The number of benzene rings is 2. The summed E-state index contributed by atoms with van der Waals surface area (Å²) < 4.78 is 0. The SMILES string of the molecule is CC(=O)C1=C(O)C(C(C)C)[C@@]2(C)C[C@@]3(C)Cc4c(-c5ccc(C6C=CC=C6)cc5)ccc(O)c4C(=O)C3=C(O)[C@@]2(O)C1=O. The molecule has 6 rings (SSSR count). The first-order valence-corrected chi connectivity index (χ1v) is 14.7. The van der Waals surface area contributed by atoms with Gasteiger partial charge in [-0.05, 0) is 54.0 Å². The Balaban J connectivity index is 1.55. The molecule has 0 spiro atoms. The van der Waals surface area contributed by atoms with Gasteiger partial charge in [-0.1, -0.05) is 82.3 Å². The molecule has 4 atom stereocenters. The molecule has 0 bridgehead atoms. The molecular weight excluding hydrogens is 544 g/mol.